The van der Waals surface area contributed by atoms with Crippen LogP contribution in [0.2, 0.25) is 0 Å². The molecular weight excluding hydrogens is 363 g/mol. The first-order chi connectivity index (χ1) is 10.4. The smallest absolute Gasteiger partial charge is 0.352 e. The normalized spacial score (nSPS) is 15.5. The Hall–Kier alpha value is -1.90. The second-order valence-corrected chi connectivity index (χ2v) is 5.79. The number of rotatable bonds is 3. The van der Waals surface area contributed by atoms with Crippen LogP contribution in [0, 0.1) is 0 Å². The maximum Gasteiger partial charge on any atom is 0.416 e. The number of hydrogen-bond donors (Lipinski definition) is 1. The fourth-order valence-electron chi connectivity index (χ4n) is 2.09. The van der Waals surface area contributed by atoms with E-state index in [2.05, 4.69) is 36.2 Å². The van der Waals surface area contributed by atoms with Crippen molar-refractivity contribution >= 4 is 27.7 Å². The van der Waals surface area contributed by atoms with E-state index in [1.807, 2.05) is 0 Å². The van der Waals surface area contributed by atoms with E-state index < -0.39 is 11.7 Å². The van der Waals surface area contributed by atoms with Crippen molar-refractivity contribution in [3.05, 3.63) is 40.8 Å². The lowest BCUT2D eigenvalue weighted by molar-refractivity contribution is -0.137. The molecule has 0 radical (unpaired) electrons. The van der Waals surface area contributed by atoms with E-state index in [4.69, 9.17) is 0 Å². The molecule has 0 unspecified atom stereocenters. The highest BCUT2D eigenvalue weighted by atomic mass is 79.9. The Balaban J connectivity index is 1.60. The van der Waals surface area contributed by atoms with Crippen molar-refractivity contribution in [2.24, 2.45) is 0 Å². The fourth-order valence-corrected chi connectivity index (χ4v) is 2.30. The van der Waals surface area contributed by atoms with Crippen LogP contribution in [-0.2, 0) is 6.18 Å². The van der Waals surface area contributed by atoms with Gasteiger partial charge in [0.1, 0.15) is 5.82 Å². The van der Waals surface area contributed by atoms with Crippen LogP contribution >= 0.6 is 15.9 Å². The maximum absolute atomic E-state index is 12.7. The quantitative estimate of drug-likeness (QED) is 0.896. The van der Waals surface area contributed by atoms with E-state index in [0.29, 0.717) is 24.9 Å². The zero-order valence-corrected chi connectivity index (χ0v) is 12.8. The largest absolute Gasteiger partial charge is 0.416 e. The number of nitrogens with one attached hydrogen (secondary N) is 1. The van der Waals surface area contributed by atoms with Gasteiger partial charge >= 0.3 is 6.18 Å². The molecule has 1 fully saturated rings. The standard InChI is InChI=1S/C13H11BrF3N5/c14-9-4-19-12(20-5-9)21-10-6-22(7-10)11-3-8(1-2-18-11)13(15,16)17/h1-5,10H,6-7H2,(H,19,20,21). The number of aromatic nitrogens is 3. The van der Waals surface area contributed by atoms with E-state index in [-0.39, 0.29) is 6.04 Å². The van der Waals surface area contributed by atoms with Gasteiger partial charge in [0.25, 0.3) is 0 Å². The summed E-state index contributed by atoms with van der Waals surface area (Å²) in [5.41, 5.74) is -0.690. The summed E-state index contributed by atoms with van der Waals surface area (Å²) in [5.74, 6) is 0.814. The number of halogens is 4. The highest BCUT2D eigenvalue weighted by Gasteiger charge is 2.33. The Labute approximate surface area is 132 Å². The van der Waals surface area contributed by atoms with Crippen molar-refractivity contribution in [3.8, 4) is 0 Å². The van der Waals surface area contributed by atoms with Crippen LogP contribution in [0.5, 0.6) is 0 Å². The molecule has 0 atom stereocenters. The lowest BCUT2D eigenvalue weighted by Gasteiger charge is -2.40. The first-order valence-electron chi connectivity index (χ1n) is 6.44. The van der Waals surface area contributed by atoms with Crippen LogP contribution in [0.1, 0.15) is 5.56 Å². The second kappa shape index (κ2) is 5.71. The second-order valence-electron chi connectivity index (χ2n) is 4.87. The lowest BCUT2D eigenvalue weighted by Crippen LogP contribution is -2.55. The van der Waals surface area contributed by atoms with Crippen LogP contribution in [0.3, 0.4) is 0 Å². The predicted molar refractivity (Wildman–Crippen MR) is 78.6 cm³/mol. The van der Waals surface area contributed by atoms with Crippen molar-refractivity contribution in [1.82, 2.24) is 15.0 Å². The van der Waals surface area contributed by atoms with Gasteiger partial charge in [-0.1, -0.05) is 0 Å². The summed E-state index contributed by atoms with van der Waals surface area (Å²) >= 11 is 3.24. The molecule has 1 saturated heterocycles. The summed E-state index contributed by atoms with van der Waals surface area (Å²) in [4.78, 5) is 13.9. The number of pyridine rings is 1. The molecule has 3 rings (SSSR count). The molecule has 0 bridgehead atoms. The molecule has 1 aliphatic heterocycles. The Morgan fingerprint density at radius 2 is 1.86 bits per heavy atom. The molecule has 0 aliphatic carbocycles. The third-order valence-corrected chi connectivity index (χ3v) is 3.64. The van der Waals surface area contributed by atoms with E-state index in [0.717, 1.165) is 16.6 Å². The summed E-state index contributed by atoms with van der Waals surface area (Å²) in [7, 11) is 0. The van der Waals surface area contributed by atoms with Crippen molar-refractivity contribution in [1.29, 1.82) is 0 Å². The van der Waals surface area contributed by atoms with Crippen LogP contribution in [0.25, 0.3) is 0 Å². The first kappa shape index (κ1) is 15.0. The van der Waals surface area contributed by atoms with Gasteiger partial charge in [0.05, 0.1) is 16.1 Å². The molecule has 116 valence electrons. The monoisotopic (exact) mass is 373 g/mol. The zero-order chi connectivity index (χ0) is 15.7. The van der Waals surface area contributed by atoms with Gasteiger partial charge in [0.2, 0.25) is 5.95 Å². The summed E-state index contributed by atoms with van der Waals surface area (Å²) in [6.45, 7) is 1.10. The van der Waals surface area contributed by atoms with Crippen LogP contribution in [-0.4, -0.2) is 34.1 Å². The summed E-state index contributed by atoms with van der Waals surface area (Å²) in [5, 5.41) is 3.12. The van der Waals surface area contributed by atoms with Gasteiger partial charge in [-0.25, -0.2) is 15.0 Å². The van der Waals surface area contributed by atoms with E-state index in [9.17, 15) is 13.2 Å². The molecule has 2 aromatic heterocycles. The highest BCUT2D eigenvalue weighted by Crippen LogP contribution is 2.31. The third-order valence-electron chi connectivity index (χ3n) is 3.23. The minimum atomic E-state index is -4.36. The van der Waals surface area contributed by atoms with Gasteiger partial charge in [-0.3, -0.25) is 0 Å². The van der Waals surface area contributed by atoms with Crippen molar-refractivity contribution in [3.63, 3.8) is 0 Å². The molecule has 5 nitrogen and oxygen atoms in total. The average molecular weight is 374 g/mol. The topological polar surface area (TPSA) is 53.9 Å². The molecule has 3 heterocycles. The maximum atomic E-state index is 12.7. The van der Waals surface area contributed by atoms with Crippen molar-refractivity contribution < 1.29 is 13.2 Å². The average Bonchev–Trinajstić information content (AvgIpc) is 2.43. The number of alkyl halides is 3. The van der Waals surface area contributed by atoms with Gasteiger partial charge in [0.15, 0.2) is 0 Å². The van der Waals surface area contributed by atoms with Crippen LogP contribution < -0.4 is 10.2 Å². The molecule has 0 aromatic carbocycles. The van der Waals surface area contributed by atoms with Gasteiger partial charge in [0, 0.05) is 31.7 Å². The van der Waals surface area contributed by atoms with Gasteiger partial charge in [-0.2, -0.15) is 13.2 Å². The minimum Gasteiger partial charge on any atom is -0.352 e. The van der Waals surface area contributed by atoms with E-state index in [1.165, 1.54) is 6.20 Å². The zero-order valence-electron chi connectivity index (χ0n) is 11.2. The molecule has 0 saturated carbocycles. The van der Waals surface area contributed by atoms with Crippen molar-refractivity contribution in [2.75, 3.05) is 23.3 Å². The summed E-state index contributed by atoms with van der Waals surface area (Å²) in [6, 6.07) is 2.11. The fraction of sp³-hybridized carbons (Fsp3) is 0.308. The van der Waals surface area contributed by atoms with Crippen molar-refractivity contribution in [2.45, 2.75) is 12.2 Å². The van der Waals surface area contributed by atoms with Gasteiger partial charge in [-0.15, -0.1) is 0 Å². The molecular formula is C13H11BrF3N5. The van der Waals surface area contributed by atoms with Crippen LogP contribution in [0.15, 0.2) is 35.2 Å². The number of anilines is 2. The highest BCUT2D eigenvalue weighted by molar-refractivity contribution is 9.10. The molecule has 22 heavy (non-hydrogen) atoms. The Kier molecular flexibility index (Phi) is 3.90. The van der Waals surface area contributed by atoms with Crippen LogP contribution in [0.4, 0.5) is 24.9 Å². The first-order valence-corrected chi connectivity index (χ1v) is 7.23. The summed E-state index contributed by atoms with van der Waals surface area (Å²) in [6.07, 6.45) is 0.0719. The molecule has 1 aliphatic rings. The molecule has 0 amide bonds. The molecule has 1 N–H and O–H groups in total. The molecule has 0 spiro atoms. The minimum absolute atomic E-state index is 0.0810. The molecule has 2 aromatic rings. The third kappa shape index (κ3) is 3.29. The lowest BCUT2D eigenvalue weighted by atomic mass is 10.1. The van der Waals surface area contributed by atoms with Gasteiger partial charge in [-0.05, 0) is 28.1 Å². The summed E-state index contributed by atoms with van der Waals surface area (Å²) < 4.78 is 38.8. The Bertz CT molecular complexity index is 655. The predicted octanol–water partition coefficient (Wildman–Crippen LogP) is 2.95. The van der Waals surface area contributed by atoms with Gasteiger partial charge < -0.3 is 10.2 Å². The number of nitrogens with zero attached hydrogens (tertiary/aromatic N) is 4. The SMILES string of the molecule is FC(F)(F)c1ccnc(N2CC(Nc3ncc(Br)cn3)C2)c1. The molecule has 9 heteroatoms. The Morgan fingerprint density at radius 3 is 2.50 bits per heavy atom. The van der Waals surface area contributed by atoms with E-state index in [1.54, 1.807) is 17.3 Å². The number of hydrogen-bond acceptors (Lipinski definition) is 5. The Morgan fingerprint density at radius 1 is 1.18 bits per heavy atom. The van der Waals surface area contributed by atoms with E-state index >= 15 is 0 Å².